The predicted molar refractivity (Wildman–Crippen MR) is 85.1 cm³/mol. The summed E-state index contributed by atoms with van der Waals surface area (Å²) >= 11 is 1.57. The molecule has 2 atom stereocenters. The van der Waals surface area contributed by atoms with Gasteiger partial charge in [0.15, 0.2) is 6.23 Å². The molecule has 1 amide bonds. The third-order valence-corrected chi connectivity index (χ3v) is 4.01. The van der Waals surface area contributed by atoms with Gasteiger partial charge in [-0.25, -0.2) is 0 Å². The van der Waals surface area contributed by atoms with E-state index >= 15 is 0 Å². The molecule has 22 heavy (non-hydrogen) atoms. The number of ether oxygens (including phenoxy) is 1. The van der Waals surface area contributed by atoms with Crippen molar-refractivity contribution in [3.8, 4) is 11.8 Å². The molecule has 0 saturated heterocycles. The molecule has 1 aromatic rings. The quantitative estimate of drug-likeness (QED) is 0.474. The summed E-state index contributed by atoms with van der Waals surface area (Å²) in [6.07, 6.45) is 0.971. The Bertz CT molecular complexity index is 554. The molecular formula is C16H21NO4S. The fraction of sp³-hybridized carbons (Fsp3) is 0.500. The van der Waals surface area contributed by atoms with Crippen LogP contribution in [0.1, 0.15) is 36.9 Å². The molecular weight excluding hydrogens is 302 g/mol. The summed E-state index contributed by atoms with van der Waals surface area (Å²) in [6.45, 7) is 4.51. The highest BCUT2D eigenvalue weighted by Crippen LogP contribution is 2.20. The Kier molecular flexibility index (Phi) is 7.64. The van der Waals surface area contributed by atoms with E-state index in [9.17, 15) is 9.59 Å². The molecule has 0 radical (unpaired) electrons. The minimum absolute atomic E-state index is 0.00174. The number of aliphatic hydroxyl groups is 1. The lowest BCUT2D eigenvalue weighted by atomic mass is 10.0. The number of aryl methyl sites for hydroxylation is 1. The van der Waals surface area contributed by atoms with Crippen LogP contribution in [0.4, 0.5) is 0 Å². The number of hydrogen-bond acceptors (Lipinski definition) is 5. The van der Waals surface area contributed by atoms with Gasteiger partial charge in [-0.3, -0.25) is 9.59 Å². The topological polar surface area (TPSA) is 75.6 Å². The Morgan fingerprint density at radius 3 is 2.73 bits per heavy atom. The van der Waals surface area contributed by atoms with Gasteiger partial charge in [0.25, 0.3) is 0 Å². The van der Waals surface area contributed by atoms with Crippen LogP contribution in [0.3, 0.4) is 0 Å². The highest BCUT2D eigenvalue weighted by Gasteiger charge is 2.21. The monoisotopic (exact) mass is 323 g/mol. The molecule has 6 heteroatoms. The average Bonchev–Trinajstić information content (AvgIpc) is 2.88. The van der Waals surface area contributed by atoms with Gasteiger partial charge in [0.1, 0.15) is 6.61 Å². The minimum atomic E-state index is -0.608. The van der Waals surface area contributed by atoms with E-state index in [2.05, 4.69) is 17.2 Å². The summed E-state index contributed by atoms with van der Waals surface area (Å²) in [5.74, 6) is 4.85. The predicted octanol–water partition coefficient (Wildman–Crippen LogP) is 1.69. The van der Waals surface area contributed by atoms with E-state index < -0.39 is 12.2 Å². The maximum atomic E-state index is 11.2. The first-order valence-electron chi connectivity index (χ1n) is 7.05. The fourth-order valence-corrected chi connectivity index (χ4v) is 2.79. The normalized spacial score (nSPS) is 12.7. The zero-order chi connectivity index (χ0) is 16.5. The summed E-state index contributed by atoms with van der Waals surface area (Å²) in [5.41, 5.74) is 0. The maximum Gasteiger partial charge on any atom is 0.304 e. The first kappa shape index (κ1) is 18.2. The van der Waals surface area contributed by atoms with E-state index in [-0.39, 0.29) is 18.4 Å². The lowest BCUT2D eigenvalue weighted by Gasteiger charge is -2.23. The fourth-order valence-electron chi connectivity index (χ4n) is 1.89. The van der Waals surface area contributed by atoms with E-state index in [0.29, 0.717) is 0 Å². The summed E-state index contributed by atoms with van der Waals surface area (Å²) in [4.78, 5) is 24.4. The van der Waals surface area contributed by atoms with Crippen LogP contribution in [0.25, 0.3) is 0 Å². The molecule has 0 bridgehead atoms. The molecule has 0 fully saturated rings. The minimum Gasteiger partial charge on any atom is -0.442 e. The zero-order valence-electron chi connectivity index (χ0n) is 13.0. The van der Waals surface area contributed by atoms with Crippen molar-refractivity contribution >= 4 is 23.2 Å². The van der Waals surface area contributed by atoms with Crippen molar-refractivity contribution in [1.29, 1.82) is 0 Å². The number of carbonyl (C=O) groups excluding carboxylic acids is 2. The van der Waals surface area contributed by atoms with Crippen LogP contribution in [-0.2, 0) is 20.7 Å². The van der Waals surface area contributed by atoms with Crippen molar-refractivity contribution in [2.75, 3.05) is 6.61 Å². The van der Waals surface area contributed by atoms with Crippen LogP contribution in [-0.4, -0.2) is 29.8 Å². The maximum absolute atomic E-state index is 11.2. The molecule has 0 aliphatic heterocycles. The lowest BCUT2D eigenvalue weighted by Crippen LogP contribution is -2.41. The van der Waals surface area contributed by atoms with Gasteiger partial charge in [-0.1, -0.05) is 18.8 Å². The Balaban J connectivity index is 2.57. The number of thiophene rings is 1. The molecule has 0 aromatic carbocycles. The van der Waals surface area contributed by atoms with E-state index in [1.54, 1.807) is 11.3 Å². The van der Waals surface area contributed by atoms with Gasteiger partial charge >= 0.3 is 5.97 Å². The standard InChI is InChI=1S/C16H21NO4S/c1-11(16(17-12(2)19)21-13(3)20)6-7-15-9-8-14(22-15)5-4-10-18/h8-9,11,16,18H,6-7,10H2,1-3H3,(H,17,19)/t11-,16?/m1/s1. The van der Waals surface area contributed by atoms with E-state index in [1.807, 2.05) is 19.1 Å². The molecule has 0 aliphatic carbocycles. The Morgan fingerprint density at radius 1 is 1.41 bits per heavy atom. The van der Waals surface area contributed by atoms with Gasteiger partial charge in [0.05, 0.1) is 4.88 Å². The summed E-state index contributed by atoms with van der Waals surface area (Å²) in [6, 6.07) is 3.92. The molecule has 2 N–H and O–H groups in total. The Labute approximate surface area is 134 Å². The third-order valence-electron chi connectivity index (χ3n) is 2.95. The number of aliphatic hydroxyl groups excluding tert-OH is 1. The van der Waals surface area contributed by atoms with Crippen LogP contribution in [0.2, 0.25) is 0 Å². The number of esters is 1. The SMILES string of the molecule is CC(=O)NC(OC(C)=O)[C@H](C)CCc1ccc(C#CCO)s1. The van der Waals surface area contributed by atoms with Crippen molar-refractivity contribution in [3.63, 3.8) is 0 Å². The van der Waals surface area contributed by atoms with E-state index in [4.69, 9.17) is 9.84 Å². The smallest absolute Gasteiger partial charge is 0.304 e. The van der Waals surface area contributed by atoms with Crippen LogP contribution >= 0.6 is 11.3 Å². The highest BCUT2D eigenvalue weighted by molar-refractivity contribution is 7.12. The molecule has 1 rings (SSSR count). The summed E-state index contributed by atoms with van der Waals surface area (Å²) in [5, 5.41) is 11.3. The largest absolute Gasteiger partial charge is 0.442 e. The molecule has 0 saturated carbocycles. The Hall–Kier alpha value is -1.84. The van der Waals surface area contributed by atoms with E-state index in [1.165, 1.54) is 18.7 Å². The van der Waals surface area contributed by atoms with Gasteiger partial charge in [-0.05, 0) is 25.0 Å². The molecule has 5 nitrogen and oxygen atoms in total. The first-order valence-corrected chi connectivity index (χ1v) is 7.86. The Morgan fingerprint density at radius 2 is 2.14 bits per heavy atom. The molecule has 1 heterocycles. The second-order valence-corrected chi connectivity index (χ2v) is 6.14. The number of carbonyl (C=O) groups is 2. The van der Waals surface area contributed by atoms with Gasteiger partial charge in [0.2, 0.25) is 5.91 Å². The van der Waals surface area contributed by atoms with E-state index in [0.717, 1.165) is 17.7 Å². The molecule has 1 unspecified atom stereocenters. The van der Waals surface area contributed by atoms with Crippen molar-refractivity contribution in [3.05, 3.63) is 21.9 Å². The van der Waals surface area contributed by atoms with Gasteiger partial charge in [0, 0.05) is 24.6 Å². The second kappa shape index (κ2) is 9.23. The van der Waals surface area contributed by atoms with Gasteiger partial charge in [-0.15, -0.1) is 11.3 Å². The number of amides is 1. The number of rotatable bonds is 6. The average molecular weight is 323 g/mol. The summed E-state index contributed by atoms with van der Waals surface area (Å²) < 4.78 is 5.15. The van der Waals surface area contributed by atoms with Crippen molar-refractivity contribution < 1.29 is 19.4 Å². The van der Waals surface area contributed by atoms with Crippen molar-refractivity contribution in [1.82, 2.24) is 5.32 Å². The zero-order valence-corrected chi connectivity index (χ0v) is 13.8. The third kappa shape index (κ3) is 6.74. The number of hydrogen-bond donors (Lipinski definition) is 2. The van der Waals surface area contributed by atoms with Crippen LogP contribution in [0.15, 0.2) is 12.1 Å². The highest BCUT2D eigenvalue weighted by atomic mass is 32.1. The van der Waals surface area contributed by atoms with Crippen LogP contribution in [0, 0.1) is 17.8 Å². The summed E-state index contributed by atoms with van der Waals surface area (Å²) in [7, 11) is 0. The molecule has 0 aliphatic rings. The van der Waals surface area contributed by atoms with Gasteiger partial charge < -0.3 is 15.2 Å². The van der Waals surface area contributed by atoms with Crippen molar-refractivity contribution in [2.45, 2.75) is 39.8 Å². The molecule has 0 spiro atoms. The molecule has 1 aromatic heterocycles. The van der Waals surface area contributed by atoms with Gasteiger partial charge in [-0.2, -0.15) is 0 Å². The first-order chi connectivity index (χ1) is 10.4. The molecule has 120 valence electrons. The lowest BCUT2D eigenvalue weighted by molar-refractivity contribution is -0.152. The number of nitrogens with one attached hydrogen (secondary N) is 1. The van der Waals surface area contributed by atoms with Crippen LogP contribution in [0.5, 0.6) is 0 Å². The second-order valence-electron chi connectivity index (χ2n) is 4.97. The van der Waals surface area contributed by atoms with Crippen molar-refractivity contribution in [2.24, 2.45) is 5.92 Å². The van der Waals surface area contributed by atoms with Crippen LogP contribution < -0.4 is 5.32 Å².